The quantitative estimate of drug-likeness (QED) is 0.480. The molecule has 0 atom stereocenters. The summed E-state index contributed by atoms with van der Waals surface area (Å²) in [5.41, 5.74) is 1.29. The van der Waals surface area contributed by atoms with Crippen LogP contribution in [-0.2, 0) is 0 Å². The van der Waals surface area contributed by atoms with Gasteiger partial charge in [-0.3, -0.25) is 4.79 Å². The van der Waals surface area contributed by atoms with Crippen molar-refractivity contribution in [3.05, 3.63) is 29.3 Å². The van der Waals surface area contributed by atoms with Crippen LogP contribution in [0.25, 0.3) is 0 Å². The molecule has 0 spiro atoms. The molecule has 0 heterocycles. The van der Waals surface area contributed by atoms with E-state index < -0.39 is 0 Å². The summed E-state index contributed by atoms with van der Waals surface area (Å²) in [5.74, 6) is 7.29. The number of methoxy groups -OCH3 is 1. The first-order valence-electron chi connectivity index (χ1n) is 4.54. The summed E-state index contributed by atoms with van der Waals surface area (Å²) in [7, 11) is 1.58. The van der Waals surface area contributed by atoms with Gasteiger partial charge in [0.15, 0.2) is 6.29 Å². The average molecular weight is 220 g/mol. The van der Waals surface area contributed by atoms with Crippen LogP contribution in [0.3, 0.4) is 0 Å². The fourth-order valence-corrected chi connectivity index (χ4v) is 1.20. The summed E-state index contributed by atoms with van der Waals surface area (Å²) in [6.07, 6.45) is 1.50. The number of carbonyl (C=O) groups is 1. The highest BCUT2D eigenvalue weighted by atomic mass is 32.1. The lowest BCUT2D eigenvalue weighted by molar-refractivity contribution is 0.112. The van der Waals surface area contributed by atoms with Crippen LogP contribution in [0.1, 0.15) is 22.3 Å². The van der Waals surface area contributed by atoms with Crippen molar-refractivity contribution in [1.29, 1.82) is 0 Å². The van der Waals surface area contributed by atoms with E-state index in [-0.39, 0.29) is 0 Å². The number of hydrogen-bond acceptors (Lipinski definition) is 3. The van der Waals surface area contributed by atoms with Crippen molar-refractivity contribution in [2.75, 3.05) is 12.9 Å². The number of rotatable bonds is 3. The van der Waals surface area contributed by atoms with Gasteiger partial charge >= 0.3 is 0 Å². The molecule has 2 nitrogen and oxygen atoms in total. The molecule has 3 heteroatoms. The minimum Gasteiger partial charge on any atom is -0.497 e. The smallest absolute Gasteiger partial charge is 0.151 e. The Hall–Kier alpha value is -1.40. The highest BCUT2D eigenvalue weighted by Crippen LogP contribution is 2.15. The van der Waals surface area contributed by atoms with Crippen molar-refractivity contribution in [2.24, 2.45) is 0 Å². The van der Waals surface area contributed by atoms with Crippen LogP contribution in [0.15, 0.2) is 18.2 Å². The number of aldehydes is 1. The number of thiol groups is 1. The SMILES string of the molecule is COc1ccc(C=O)c(C#CCCS)c1. The summed E-state index contributed by atoms with van der Waals surface area (Å²) in [6.45, 7) is 0. The van der Waals surface area contributed by atoms with Crippen LogP contribution >= 0.6 is 12.6 Å². The molecule has 0 bridgehead atoms. The number of hydrogen-bond donors (Lipinski definition) is 1. The molecule has 0 saturated carbocycles. The standard InChI is InChI=1S/C12H12O2S/c1-14-12-6-5-11(9-13)10(8-12)4-2-3-7-15/h5-6,8-9,15H,3,7H2,1H3. The summed E-state index contributed by atoms with van der Waals surface area (Å²) < 4.78 is 5.06. The van der Waals surface area contributed by atoms with E-state index in [4.69, 9.17) is 4.74 Å². The summed E-state index contributed by atoms with van der Waals surface area (Å²) >= 11 is 4.06. The largest absolute Gasteiger partial charge is 0.497 e. The molecule has 0 aliphatic heterocycles. The van der Waals surface area contributed by atoms with Gasteiger partial charge in [-0.05, 0) is 18.2 Å². The van der Waals surface area contributed by atoms with Crippen LogP contribution in [0.4, 0.5) is 0 Å². The Kier molecular flexibility index (Phi) is 4.79. The molecule has 0 aliphatic rings. The molecule has 0 fully saturated rings. The van der Waals surface area contributed by atoms with Crippen LogP contribution < -0.4 is 4.74 Å². The number of benzene rings is 1. The van der Waals surface area contributed by atoms with Crippen molar-refractivity contribution in [2.45, 2.75) is 6.42 Å². The fraction of sp³-hybridized carbons (Fsp3) is 0.250. The molecule has 1 aromatic rings. The Bertz CT molecular complexity index is 402. The maximum atomic E-state index is 10.7. The van der Waals surface area contributed by atoms with E-state index in [0.717, 1.165) is 6.29 Å². The van der Waals surface area contributed by atoms with E-state index in [9.17, 15) is 4.79 Å². The molecule has 0 N–H and O–H groups in total. The Labute approximate surface area is 95.1 Å². The van der Waals surface area contributed by atoms with Gasteiger partial charge in [-0.15, -0.1) is 0 Å². The molecule has 78 valence electrons. The predicted molar refractivity (Wildman–Crippen MR) is 63.7 cm³/mol. The van der Waals surface area contributed by atoms with E-state index in [2.05, 4.69) is 24.5 Å². The third-order valence-electron chi connectivity index (χ3n) is 1.85. The molecule has 0 saturated heterocycles. The van der Waals surface area contributed by atoms with E-state index in [1.165, 1.54) is 0 Å². The summed E-state index contributed by atoms with van der Waals surface area (Å²) in [6, 6.07) is 5.21. The van der Waals surface area contributed by atoms with Gasteiger partial charge in [0.05, 0.1) is 7.11 Å². The summed E-state index contributed by atoms with van der Waals surface area (Å²) in [4.78, 5) is 10.7. The molecule has 0 amide bonds. The molecule has 0 aromatic heterocycles. The minimum atomic E-state index is 0.586. The van der Waals surface area contributed by atoms with Crippen molar-refractivity contribution in [1.82, 2.24) is 0 Å². The molecular weight excluding hydrogens is 208 g/mol. The minimum absolute atomic E-state index is 0.586. The van der Waals surface area contributed by atoms with Gasteiger partial charge in [-0.25, -0.2) is 0 Å². The third kappa shape index (κ3) is 3.34. The van der Waals surface area contributed by atoms with E-state index >= 15 is 0 Å². The zero-order valence-corrected chi connectivity index (χ0v) is 9.38. The zero-order valence-electron chi connectivity index (χ0n) is 8.49. The Morgan fingerprint density at radius 1 is 1.53 bits per heavy atom. The van der Waals surface area contributed by atoms with Gasteiger partial charge in [0, 0.05) is 23.3 Å². The Balaban J connectivity index is 3.02. The summed E-state index contributed by atoms with van der Waals surface area (Å²) in [5, 5.41) is 0. The molecule has 15 heavy (non-hydrogen) atoms. The molecule has 1 rings (SSSR count). The van der Waals surface area contributed by atoms with Crippen LogP contribution in [0, 0.1) is 11.8 Å². The molecule has 0 unspecified atom stereocenters. The Morgan fingerprint density at radius 3 is 2.93 bits per heavy atom. The first-order valence-corrected chi connectivity index (χ1v) is 5.18. The van der Waals surface area contributed by atoms with Gasteiger partial charge in [0.2, 0.25) is 0 Å². The predicted octanol–water partition coefficient (Wildman–Crippen LogP) is 2.18. The second-order valence-electron chi connectivity index (χ2n) is 2.85. The van der Waals surface area contributed by atoms with Crippen molar-refractivity contribution in [3.8, 4) is 17.6 Å². The molecular formula is C12H12O2S. The van der Waals surface area contributed by atoms with Gasteiger partial charge in [-0.1, -0.05) is 11.8 Å². The topological polar surface area (TPSA) is 26.3 Å². The fourth-order valence-electron chi connectivity index (χ4n) is 1.09. The van der Waals surface area contributed by atoms with Gasteiger partial charge in [-0.2, -0.15) is 12.6 Å². The van der Waals surface area contributed by atoms with Gasteiger partial charge < -0.3 is 4.74 Å². The average Bonchev–Trinajstić information content (AvgIpc) is 2.29. The van der Waals surface area contributed by atoms with Gasteiger partial charge in [0.1, 0.15) is 5.75 Å². The number of ether oxygens (including phenoxy) is 1. The lowest BCUT2D eigenvalue weighted by Crippen LogP contribution is -1.90. The van der Waals surface area contributed by atoms with E-state index in [1.54, 1.807) is 25.3 Å². The lowest BCUT2D eigenvalue weighted by Gasteiger charge is -2.01. The van der Waals surface area contributed by atoms with Crippen LogP contribution in [0.5, 0.6) is 5.75 Å². The van der Waals surface area contributed by atoms with Crippen molar-refractivity contribution < 1.29 is 9.53 Å². The molecule has 0 radical (unpaired) electrons. The monoisotopic (exact) mass is 220 g/mol. The highest BCUT2D eigenvalue weighted by molar-refractivity contribution is 7.80. The van der Waals surface area contributed by atoms with Crippen molar-refractivity contribution >= 4 is 18.9 Å². The van der Waals surface area contributed by atoms with Crippen LogP contribution in [-0.4, -0.2) is 19.1 Å². The lowest BCUT2D eigenvalue weighted by atomic mass is 10.1. The Morgan fingerprint density at radius 2 is 2.33 bits per heavy atom. The maximum Gasteiger partial charge on any atom is 0.151 e. The molecule has 1 aromatic carbocycles. The normalized spacial score (nSPS) is 8.93. The zero-order chi connectivity index (χ0) is 11.1. The van der Waals surface area contributed by atoms with Crippen LogP contribution in [0.2, 0.25) is 0 Å². The molecule has 0 aliphatic carbocycles. The maximum absolute atomic E-state index is 10.7. The van der Waals surface area contributed by atoms with E-state index in [1.807, 2.05) is 0 Å². The second kappa shape index (κ2) is 6.15. The third-order valence-corrected chi connectivity index (χ3v) is 2.07. The van der Waals surface area contributed by atoms with Crippen molar-refractivity contribution in [3.63, 3.8) is 0 Å². The number of carbonyl (C=O) groups excluding carboxylic acids is 1. The first-order chi connectivity index (χ1) is 7.31. The van der Waals surface area contributed by atoms with Gasteiger partial charge in [0.25, 0.3) is 0 Å². The first kappa shape index (κ1) is 11.7. The van der Waals surface area contributed by atoms with E-state index in [0.29, 0.717) is 29.1 Å². The highest BCUT2D eigenvalue weighted by Gasteiger charge is 2.00. The second-order valence-corrected chi connectivity index (χ2v) is 3.29.